The Kier molecular flexibility index (Phi) is 3.12. The lowest BCUT2D eigenvalue weighted by Crippen LogP contribution is -2.25. The normalized spacial score (nSPS) is 11.9. The van der Waals surface area contributed by atoms with Crippen molar-refractivity contribution in [3.8, 4) is 0 Å². The topological polar surface area (TPSA) is 97.0 Å². The van der Waals surface area contributed by atoms with Gasteiger partial charge in [0.1, 0.15) is 0 Å². The van der Waals surface area contributed by atoms with Crippen molar-refractivity contribution in [3.63, 3.8) is 0 Å². The minimum atomic E-state index is -3.92. The zero-order chi connectivity index (χ0) is 11.6. The maximum atomic E-state index is 11.5. The lowest BCUT2D eigenvalue weighted by Gasteiger charge is -2.11. The van der Waals surface area contributed by atoms with Crippen molar-refractivity contribution in [2.45, 2.75) is 5.09 Å². The van der Waals surface area contributed by atoms with Crippen LogP contribution in [0.1, 0.15) is 10.6 Å². The molecule has 0 saturated carbocycles. The van der Waals surface area contributed by atoms with E-state index in [1.165, 1.54) is 7.11 Å². The van der Waals surface area contributed by atoms with Crippen LogP contribution in [0.5, 0.6) is 0 Å². The number of nitrogens with zero attached hydrogens (tertiary/aromatic N) is 1. The second kappa shape index (κ2) is 4.01. The van der Waals surface area contributed by atoms with E-state index in [2.05, 4.69) is 9.25 Å². The average Bonchev–Trinajstić information content (AvgIpc) is 2.65. The molecular formula is C7H9NO6S. The largest absolute Gasteiger partial charge is 0.475 e. The van der Waals surface area contributed by atoms with E-state index >= 15 is 0 Å². The Labute approximate surface area is 85.9 Å². The van der Waals surface area contributed by atoms with Crippen LogP contribution in [0.25, 0.3) is 0 Å². The van der Waals surface area contributed by atoms with Crippen LogP contribution < -0.4 is 0 Å². The molecule has 0 fully saturated rings. The Morgan fingerprint density at radius 3 is 2.53 bits per heavy atom. The standard InChI is InChI=1S/C7H9NO6S/c1-8(13-2)15(11,12)6-4-3-5(14-6)7(9)10/h3-4H,1-2H3,(H,9,10). The lowest BCUT2D eigenvalue weighted by atomic mass is 10.5. The first-order chi connectivity index (χ1) is 6.89. The van der Waals surface area contributed by atoms with Gasteiger partial charge in [0.2, 0.25) is 10.9 Å². The third-order valence-electron chi connectivity index (χ3n) is 1.64. The average molecular weight is 235 g/mol. The van der Waals surface area contributed by atoms with Crippen LogP contribution in [0.2, 0.25) is 0 Å². The molecule has 0 spiro atoms. The van der Waals surface area contributed by atoms with Crippen molar-refractivity contribution in [3.05, 3.63) is 17.9 Å². The van der Waals surface area contributed by atoms with Crippen LogP contribution in [0.15, 0.2) is 21.6 Å². The molecule has 0 bridgehead atoms. The van der Waals surface area contributed by atoms with Crippen LogP contribution in [-0.4, -0.2) is 38.1 Å². The molecule has 7 nitrogen and oxygen atoms in total. The highest BCUT2D eigenvalue weighted by atomic mass is 32.2. The number of hydrogen-bond acceptors (Lipinski definition) is 5. The Balaban J connectivity index is 3.12. The number of hydrogen-bond donors (Lipinski definition) is 1. The maximum Gasteiger partial charge on any atom is 0.371 e. The highest BCUT2D eigenvalue weighted by Gasteiger charge is 2.25. The second-order valence-corrected chi connectivity index (χ2v) is 4.39. The molecule has 0 saturated heterocycles. The van der Waals surface area contributed by atoms with E-state index in [1.807, 2.05) is 0 Å². The highest BCUT2D eigenvalue weighted by Crippen LogP contribution is 2.17. The number of carbonyl (C=O) groups is 1. The third-order valence-corrected chi connectivity index (χ3v) is 3.20. The van der Waals surface area contributed by atoms with Gasteiger partial charge in [0.05, 0.1) is 7.11 Å². The van der Waals surface area contributed by atoms with Crippen molar-refractivity contribution in [2.75, 3.05) is 14.2 Å². The summed E-state index contributed by atoms with van der Waals surface area (Å²) in [7, 11) is -1.59. The molecule has 1 heterocycles. The smallest absolute Gasteiger partial charge is 0.371 e. The number of hydroxylamine groups is 1. The van der Waals surface area contributed by atoms with Gasteiger partial charge in [0.15, 0.2) is 0 Å². The minimum Gasteiger partial charge on any atom is -0.475 e. The molecule has 0 aliphatic rings. The second-order valence-electron chi connectivity index (χ2n) is 2.52. The van der Waals surface area contributed by atoms with Gasteiger partial charge in [-0.25, -0.2) is 13.2 Å². The first-order valence-electron chi connectivity index (χ1n) is 3.75. The predicted octanol–water partition coefficient (Wildman–Crippen LogP) is 0.160. The first kappa shape index (κ1) is 11.7. The molecule has 1 aromatic rings. The number of rotatable bonds is 4. The molecule has 1 N–H and O–H groups in total. The molecule has 0 aliphatic carbocycles. The molecule has 8 heteroatoms. The summed E-state index contributed by atoms with van der Waals surface area (Å²) in [4.78, 5) is 14.9. The molecule has 0 radical (unpaired) electrons. The number of carboxylic acid groups (broad SMARTS) is 1. The van der Waals surface area contributed by atoms with E-state index < -0.39 is 26.8 Å². The number of aromatic carboxylic acids is 1. The van der Waals surface area contributed by atoms with Gasteiger partial charge in [-0.15, -0.1) is 0 Å². The molecule has 1 rings (SSSR count). The summed E-state index contributed by atoms with van der Waals surface area (Å²) >= 11 is 0. The molecule has 0 amide bonds. The molecule has 84 valence electrons. The fraction of sp³-hybridized carbons (Fsp3) is 0.286. The fourth-order valence-corrected chi connectivity index (χ4v) is 1.68. The molecule has 0 atom stereocenters. The predicted molar refractivity (Wildman–Crippen MR) is 47.6 cm³/mol. The van der Waals surface area contributed by atoms with Crippen LogP contribution in [-0.2, 0) is 14.9 Å². The van der Waals surface area contributed by atoms with E-state index in [9.17, 15) is 13.2 Å². The van der Waals surface area contributed by atoms with Gasteiger partial charge in [0, 0.05) is 7.05 Å². The van der Waals surface area contributed by atoms with E-state index in [1.54, 1.807) is 0 Å². The maximum absolute atomic E-state index is 11.5. The molecular weight excluding hydrogens is 226 g/mol. The zero-order valence-corrected chi connectivity index (χ0v) is 8.82. The van der Waals surface area contributed by atoms with Crippen molar-refractivity contribution < 1.29 is 27.6 Å². The first-order valence-corrected chi connectivity index (χ1v) is 5.19. The summed E-state index contributed by atoms with van der Waals surface area (Å²) in [6.45, 7) is 0. The van der Waals surface area contributed by atoms with Gasteiger partial charge in [-0.1, -0.05) is 4.47 Å². The molecule has 0 aliphatic heterocycles. The summed E-state index contributed by atoms with van der Waals surface area (Å²) in [5, 5.41) is 8.04. The van der Waals surface area contributed by atoms with Crippen molar-refractivity contribution >= 4 is 16.0 Å². The van der Waals surface area contributed by atoms with E-state index in [0.29, 0.717) is 4.47 Å². The highest BCUT2D eigenvalue weighted by molar-refractivity contribution is 7.88. The Morgan fingerprint density at radius 2 is 2.13 bits per heavy atom. The van der Waals surface area contributed by atoms with Crippen molar-refractivity contribution in [2.24, 2.45) is 0 Å². The van der Waals surface area contributed by atoms with Crippen molar-refractivity contribution in [1.29, 1.82) is 0 Å². The Hall–Kier alpha value is -1.38. The van der Waals surface area contributed by atoms with Gasteiger partial charge >= 0.3 is 5.97 Å². The third kappa shape index (κ3) is 2.17. The summed E-state index contributed by atoms with van der Waals surface area (Å²) in [6.07, 6.45) is 0. The Bertz CT molecular complexity index is 462. The number of sulfonamides is 1. The molecule has 1 aromatic heterocycles. The quantitative estimate of drug-likeness (QED) is 0.746. The van der Waals surface area contributed by atoms with E-state index in [0.717, 1.165) is 19.2 Å². The number of furan rings is 1. The number of carboxylic acids is 1. The summed E-state index contributed by atoms with van der Waals surface area (Å²) < 4.78 is 28.2. The van der Waals surface area contributed by atoms with Crippen LogP contribution in [0.4, 0.5) is 0 Å². The van der Waals surface area contributed by atoms with Gasteiger partial charge in [0.25, 0.3) is 10.0 Å². The molecule has 15 heavy (non-hydrogen) atoms. The van der Waals surface area contributed by atoms with Crippen LogP contribution in [0, 0.1) is 0 Å². The summed E-state index contributed by atoms with van der Waals surface area (Å²) in [5.41, 5.74) is 0. The van der Waals surface area contributed by atoms with Crippen molar-refractivity contribution in [1.82, 2.24) is 4.47 Å². The lowest BCUT2D eigenvalue weighted by molar-refractivity contribution is -0.0271. The van der Waals surface area contributed by atoms with E-state index in [-0.39, 0.29) is 0 Å². The van der Waals surface area contributed by atoms with E-state index in [4.69, 9.17) is 5.11 Å². The van der Waals surface area contributed by atoms with Gasteiger partial charge < -0.3 is 9.52 Å². The molecule has 0 aromatic carbocycles. The molecule has 0 unspecified atom stereocenters. The zero-order valence-electron chi connectivity index (χ0n) is 8.00. The van der Waals surface area contributed by atoms with Gasteiger partial charge in [-0.05, 0) is 12.1 Å². The summed E-state index contributed by atoms with van der Waals surface area (Å²) in [5.74, 6) is -1.78. The fourth-order valence-electron chi connectivity index (χ4n) is 0.799. The monoisotopic (exact) mass is 235 g/mol. The Morgan fingerprint density at radius 1 is 1.53 bits per heavy atom. The van der Waals surface area contributed by atoms with Gasteiger partial charge in [-0.3, -0.25) is 4.84 Å². The van der Waals surface area contributed by atoms with Gasteiger partial charge in [-0.2, -0.15) is 0 Å². The van der Waals surface area contributed by atoms with Crippen LogP contribution >= 0.6 is 0 Å². The summed E-state index contributed by atoms with van der Waals surface area (Å²) in [6, 6.07) is 2.10. The van der Waals surface area contributed by atoms with Crippen LogP contribution in [0.3, 0.4) is 0 Å². The SMILES string of the molecule is CON(C)S(=O)(=O)c1ccc(C(=O)O)o1. The minimum absolute atomic E-state index is 0.446.